The van der Waals surface area contributed by atoms with E-state index < -0.39 is 0 Å². The van der Waals surface area contributed by atoms with Crippen LogP contribution in [0.1, 0.15) is 33.3 Å². The van der Waals surface area contributed by atoms with Gasteiger partial charge in [-0.3, -0.25) is 4.79 Å². The van der Waals surface area contributed by atoms with Crippen LogP contribution < -0.4 is 4.74 Å². The van der Waals surface area contributed by atoms with Crippen molar-refractivity contribution in [1.82, 2.24) is 9.80 Å². The quantitative estimate of drug-likeness (QED) is 0.762. The monoisotopic (exact) mass is 402 g/mol. The zero-order chi connectivity index (χ0) is 20.1. The molecular weight excluding hydrogens is 376 g/mol. The predicted octanol–water partition coefficient (Wildman–Crippen LogP) is 3.86. The summed E-state index contributed by atoms with van der Waals surface area (Å²) in [6.07, 6.45) is -0.309. The van der Waals surface area contributed by atoms with E-state index in [4.69, 9.17) is 9.47 Å². The highest BCUT2D eigenvalue weighted by atomic mass is 32.1. The van der Waals surface area contributed by atoms with Gasteiger partial charge >= 0.3 is 6.09 Å². The van der Waals surface area contributed by atoms with Gasteiger partial charge in [-0.25, -0.2) is 4.79 Å². The van der Waals surface area contributed by atoms with E-state index in [9.17, 15) is 9.59 Å². The fourth-order valence-electron chi connectivity index (χ4n) is 3.21. The van der Waals surface area contributed by atoms with E-state index in [1.807, 2.05) is 37.4 Å². The van der Waals surface area contributed by atoms with Gasteiger partial charge in [0.15, 0.2) is 0 Å². The molecule has 2 amide bonds. The van der Waals surface area contributed by atoms with Gasteiger partial charge in [0.2, 0.25) is 0 Å². The topological polar surface area (TPSA) is 59.1 Å². The van der Waals surface area contributed by atoms with Crippen molar-refractivity contribution < 1.29 is 19.1 Å². The average Bonchev–Trinajstić information content (AvgIpc) is 3.14. The highest BCUT2D eigenvalue weighted by Crippen LogP contribution is 2.21. The third kappa shape index (κ3) is 5.04. The molecule has 0 radical (unpaired) electrons. The lowest BCUT2D eigenvalue weighted by molar-refractivity contribution is 0.0574. The SMILES string of the molecule is CCOC(=O)N1CCN(C(=O)c2cc(COc3cc(C)cc(C)c3)cs2)CC1. The van der Waals surface area contributed by atoms with Crippen LogP contribution in [0.2, 0.25) is 0 Å². The summed E-state index contributed by atoms with van der Waals surface area (Å²) in [5, 5.41) is 1.96. The molecule has 2 aromatic rings. The third-order valence-corrected chi connectivity index (χ3v) is 5.53. The van der Waals surface area contributed by atoms with Crippen molar-refractivity contribution in [1.29, 1.82) is 0 Å². The Morgan fingerprint density at radius 1 is 1.00 bits per heavy atom. The van der Waals surface area contributed by atoms with Crippen LogP contribution in [-0.2, 0) is 11.3 Å². The van der Waals surface area contributed by atoms with Crippen LogP contribution in [0, 0.1) is 13.8 Å². The van der Waals surface area contributed by atoms with Gasteiger partial charge in [0.05, 0.1) is 11.5 Å². The number of benzene rings is 1. The van der Waals surface area contributed by atoms with Crippen molar-refractivity contribution in [3.63, 3.8) is 0 Å². The number of thiophene rings is 1. The predicted molar refractivity (Wildman–Crippen MR) is 109 cm³/mol. The van der Waals surface area contributed by atoms with Crippen molar-refractivity contribution in [3.05, 3.63) is 51.2 Å². The number of hydrogen-bond donors (Lipinski definition) is 0. The summed E-state index contributed by atoms with van der Waals surface area (Å²) in [5.41, 5.74) is 3.31. The lowest BCUT2D eigenvalue weighted by Gasteiger charge is -2.33. The van der Waals surface area contributed by atoms with Crippen molar-refractivity contribution in [2.45, 2.75) is 27.4 Å². The van der Waals surface area contributed by atoms with Crippen LogP contribution in [0.5, 0.6) is 5.75 Å². The smallest absolute Gasteiger partial charge is 0.409 e. The fraction of sp³-hybridized carbons (Fsp3) is 0.429. The van der Waals surface area contributed by atoms with E-state index in [-0.39, 0.29) is 12.0 Å². The van der Waals surface area contributed by atoms with E-state index in [2.05, 4.69) is 6.07 Å². The Balaban J connectivity index is 1.53. The van der Waals surface area contributed by atoms with Crippen molar-refractivity contribution >= 4 is 23.3 Å². The molecule has 0 saturated carbocycles. The summed E-state index contributed by atoms with van der Waals surface area (Å²) in [6, 6.07) is 8.02. The summed E-state index contributed by atoms with van der Waals surface area (Å²) >= 11 is 1.43. The molecule has 0 N–H and O–H groups in total. The second-order valence-corrected chi connectivity index (χ2v) is 7.82. The van der Waals surface area contributed by atoms with Crippen LogP contribution in [-0.4, -0.2) is 54.6 Å². The zero-order valence-corrected chi connectivity index (χ0v) is 17.4. The van der Waals surface area contributed by atoms with E-state index in [0.717, 1.165) is 22.4 Å². The summed E-state index contributed by atoms with van der Waals surface area (Å²) in [5.74, 6) is 0.845. The molecule has 0 aliphatic carbocycles. The van der Waals surface area contributed by atoms with Gasteiger partial charge in [-0.15, -0.1) is 11.3 Å². The summed E-state index contributed by atoms with van der Waals surface area (Å²) in [4.78, 5) is 28.6. The molecule has 3 rings (SSSR count). The molecule has 28 heavy (non-hydrogen) atoms. The van der Waals surface area contributed by atoms with Crippen LogP contribution in [0.3, 0.4) is 0 Å². The minimum Gasteiger partial charge on any atom is -0.489 e. The Morgan fingerprint density at radius 2 is 1.64 bits per heavy atom. The minimum atomic E-state index is -0.309. The van der Waals surface area contributed by atoms with Gasteiger partial charge in [-0.1, -0.05) is 6.07 Å². The van der Waals surface area contributed by atoms with E-state index in [1.165, 1.54) is 11.3 Å². The zero-order valence-electron chi connectivity index (χ0n) is 16.6. The van der Waals surface area contributed by atoms with Crippen LogP contribution in [0.25, 0.3) is 0 Å². The molecular formula is C21H26N2O4S. The van der Waals surface area contributed by atoms with Gasteiger partial charge in [-0.05, 0) is 55.5 Å². The third-order valence-electron chi connectivity index (χ3n) is 4.56. The number of hydrogen-bond acceptors (Lipinski definition) is 5. The Bertz CT molecular complexity index is 820. The molecule has 0 unspecified atom stereocenters. The van der Waals surface area contributed by atoms with Crippen LogP contribution in [0.4, 0.5) is 4.79 Å². The first-order valence-electron chi connectivity index (χ1n) is 9.45. The number of piperazine rings is 1. The lowest BCUT2D eigenvalue weighted by atomic mass is 10.1. The normalized spacial score (nSPS) is 14.1. The van der Waals surface area contributed by atoms with Gasteiger partial charge in [0.1, 0.15) is 12.4 Å². The molecule has 1 aromatic carbocycles. The first-order valence-corrected chi connectivity index (χ1v) is 10.3. The Kier molecular flexibility index (Phi) is 6.57. The van der Waals surface area contributed by atoms with Crippen molar-refractivity contribution in [3.8, 4) is 5.75 Å². The largest absolute Gasteiger partial charge is 0.489 e. The molecule has 1 fully saturated rings. The first kappa shape index (κ1) is 20.2. The highest BCUT2D eigenvalue weighted by molar-refractivity contribution is 7.12. The van der Waals surface area contributed by atoms with Crippen molar-refractivity contribution in [2.24, 2.45) is 0 Å². The van der Waals surface area contributed by atoms with E-state index >= 15 is 0 Å². The van der Waals surface area contributed by atoms with Gasteiger partial charge in [0.25, 0.3) is 5.91 Å². The second-order valence-electron chi connectivity index (χ2n) is 6.91. The second kappa shape index (κ2) is 9.10. The minimum absolute atomic E-state index is 0.00570. The Labute approximate surface area is 169 Å². The summed E-state index contributed by atoms with van der Waals surface area (Å²) in [6.45, 7) is 8.70. The lowest BCUT2D eigenvalue weighted by Crippen LogP contribution is -2.50. The number of ether oxygens (including phenoxy) is 2. The van der Waals surface area contributed by atoms with E-state index in [0.29, 0.717) is 44.3 Å². The summed E-state index contributed by atoms with van der Waals surface area (Å²) in [7, 11) is 0. The standard InChI is InChI=1S/C21H26N2O4S/c1-4-26-21(25)23-7-5-22(6-8-23)20(24)19-12-17(14-28-19)13-27-18-10-15(2)9-16(3)11-18/h9-12,14H,4-8,13H2,1-3H3. The van der Waals surface area contributed by atoms with E-state index in [1.54, 1.807) is 16.7 Å². The molecule has 1 saturated heterocycles. The maximum Gasteiger partial charge on any atom is 0.409 e. The molecule has 0 spiro atoms. The number of amides is 2. The summed E-state index contributed by atoms with van der Waals surface area (Å²) < 4.78 is 10.9. The fourth-order valence-corrected chi connectivity index (χ4v) is 4.07. The van der Waals surface area contributed by atoms with Gasteiger partial charge in [0, 0.05) is 31.7 Å². The average molecular weight is 403 g/mol. The molecule has 1 aromatic heterocycles. The number of carbonyl (C=O) groups is 2. The van der Waals surface area contributed by atoms with Crippen LogP contribution >= 0.6 is 11.3 Å². The molecule has 0 atom stereocenters. The van der Waals surface area contributed by atoms with Crippen molar-refractivity contribution in [2.75, 3.05) is 32.8 Å². The molecule has 6 nitrogen and oxygen atoms in total. The molecule has 1 aliphatic rings. The number of carbonyl (C=O) groups excluding carboxylic acids is 2. The molecule has 0 bridgehead atoms. The molecule has 7 heteroatoms. The van der Waals surface area contributed by atoms with Gasteiger partial charge < -0.3 is 19.3 Å². The number of rotatable bonds is 5. The maximum atomic E-state index is 12.7. The molecule has 2 heterocycles. The number of nitrogens with zero attached hydrogens (tertiary/aromatic N) is 2. The Morgan fingerprint density at radius 3 is 2.29 bits per heavy atom. The molecule has 1 aliphatic heterocycles. The maximum absolute atomic E-state index is 12.7. The number of aryl methyl sites for hydroxylation is 2. The van der Waals surface area contributed by atoms with Gasteiger partial charge in [-0.2, -0.15) is 0 Å². The van der Waals surface area contributed by atoms with Crippen LogP contribution in [0.15, 0.2) is 29.6 Å². The highest BCUT2D eigenvalue weighted by Gasteiger charge is 2.26. The molecule has 150 valence electrons. The Hall–Kier alpha value is -2.54. The first-order chi connectivity index (χ1) is 13.5.